The highest BCUT2D eigenvalue weighted by atomic mass is 79.9. The lowest BCUT2D eigenvalue weighted by atomic mass is 10.1. The third kappa shape index (κ3) is 4.67. The van der Waals surface area contributed by atoms with Gasteiger partial charge >= 0.3 is 0 Å². The van der Waals surface area contributed by atoms with Gasteiger partial charge in [0.2, 0.25) is 0 Å². The molecule has 8 heteroatoms. The molecule has 116 valence electrons. The lowest BCUT2D eigenvalue weighted by Gasteiger charge is -2.10. The fourth-order valence-corrected chi connectivity index (χ4v) is 3.33. The zero-order chi connectivity index (χ0) is 15.5. The van der Waals surface area contributed by atoms with Crippen LogP contribution in [-0.4, -0.2) is 34.1 Å². The van der Waals surface area contributed by atoms with Gasteiger partial charge in [-0.25, -0.2) is 8.42 Å². The normalized spacial score (nSPS) is 18.7. The summed E-state index contributed by atoms with van der Waals surface area (Å²) in [7, 11) is 1.43. The van der Waals surface area contributed by atoms with E-state index in [1.54, 1.807) is 0 Å². The fourth-order valence-electron chi connectivity index (χ4n) is 2.13. The van der Waals surface area contributed by atoms with Gasteiger partial charge in [-0.2, -0.15) is 0 Å². The minimum absolute atomic E-state index is 0.0956. The molecule has 1 amide bonds. The van der Waals surface area contributed by atoms with Gasteiger partial charge < -0.3 is 10.1 Å². The maximum Gasteiger partial charge on any atom is 0.261 e. The Morgan fingerprint density at radius 3 is 2.86 bits per heavy atom. The van der Waals surface area contributed by atoms with Crippen LogP contribution in [0.5, 0.6) is 0 Å². The van der Waals surface area contributed by atoms with Crippen molar-refractivity contribution in [2.45, 2.75) is 17.7 Å². The molecule has 1 heterocycles. The van der Waals surface area contributed by atoms with Crippen LogP contribution in [0.1, 0.15) is 23.2 Å². The molecule has 1 saturated heterocycles. The predicted molar refractivity (Wildman–Crippen MR) is 83.1 cm³/mol. The van der Waals surface area contributed by atoms with Gasteiger partial charge in [0.25, 0.3) is 15.0 Å². The number of rotatable bonds is 5. The highest BCUT2D eigenvalue weighted by Gasteiger charge is 2.18. The molecule has 0 radical (unpaired) electrons. The average Bonchev–Trinajstić information content (AvgIpc) is 2.91. The van der Waals surface area contributed by atoms with Crippen LogP contribution in [0.3, 0.4) is 0 Å². The highest BCUT2D eigenvalue weighted by Crippen LogP contribution is 2.23. The molecule has 2 rings (SSSR count). The summed E-state index contributed by atoms with van der Waals surface area (Å²) in [5.41, 5.74) is 0.249. The summed E-state index contributed by atoms with van der Waals surface area (Å²) in [5.74, 6) is 0.145. The van der Waals surface area contributed by atoms with Crippen molar-refractivity contribution in [3.8, 4) is 0 Å². The van der Waals surface area contributed by atoms with Crippen LogP contribution in [0.15, 0.2) is 27.6 Å². The molecule has 0 aliphatic carbocycles. The first kappa shape index (κ1) is 16.7. The van der Waals surface area contributed by atoms with Gasteiger partial charge in [-0.15, -0.1) is 0 Å². The number of nitrogens with one attached hydrogen (secondary N) is 1. The number of amides is 1. The van der Waals surface area contributed by atoms with E-state index >= 15 is 0 Å². The predicted octanol–water partition coefficient (Wildman–Crippen LogP) is 2.53. The second kappa shape index (κ2) is 7.09. The molecule has 0 bridgehead atoms. The van der Waals surface area contributed by atoms with E-state index < -0.39 is 9.05 Å². The van der Waals surface area contributed by atoms with Gasteiger partial charge in [0, 0.05) is 34.9 Å². The molecule has 1 aliphatic heterocycles. The molecular formula is C13H15BrClNO4S. The molecule has 1 aliphatic rings. The molecule has 0 spiro atoms. The fraction of sp³-hybridized carbons (Fsp3) is 0.462. The van der Waals surface area contributed by atoms with E-state index in [0.717, 1.165) is 26.1 Å². The van der Waals surface area contributed by atoms with Gasteiger partial charge in [0.05, 0.1) is 10.5 Å². The van der Waals surface area contributed by atoms with E-state index in [2.05, 4.69) is 21.2 Å². The molecule has 1 fully saturated rings. The number of halogens is 2. The topological polar surface area (TPSA) is 72.5 Å². The Morgan fingerprint density at radius 2 is 2.24 bits per heavy atom. The molecule has 21 heavy (non-hydrogen) atoms. The lowest BCUT2D eigenvalue weighted by molar-refractivity contribution is 0.0949. The molecule has 5 nitrogen and oxygen atoms in total. The molecule has 1 unspecified atom stereocenters. The van der Waals surface area contributed by atoms with Gasteiger partial charge in [-0.3, -0.25) is 4.79 Å². The Kier molecular flexibility index (Phi) is 5.65. The third-order valence-electron chi connectivity index (χ3n) is 3.33. The number of benzene rings is 1. The van der Waals surface area contributed by atoms with Gasteiger partial charge in [-0.1, -0.05) is 0 Å². The SMILES string of the molecule is O=C(NCCC1CCOC1)c1cc(S(=O)(=O)Cl)ccc1Br. The monoisotopic (exact) mass is 395 g/mol. The largest absolute Gasteiger partial charge is 0.381 e. The van der Waals surface area contributed by atoms with Crippen molar-refractivity contribution in [3.05, 3.63) is 28.2 Å². The maximum absolute atomic E-state index is 12.1. The van der Waals surface area contributed by atoms with Crippen LogP contribution in [0.2, 0.25) is 0 Å². The van der Waals surface area contributed by atoms with Crippen molar-refractivity contribution in [2.24, 2.45) is 5.92 Å². The summed E-state index contributed by atoms with van der Waals surface area (Å²) in [5, 5.41) is 2.78. The van der Waals surface area contributed by atoms with Gasteiger partial charge in [0.15, 0.2) is 0 Å². The lowest BCUT2D eigenvalue weighted by Crippen LogP contribution is -2.26. The second-order valence-electron chi connectivity index (χ2n) is 4.85. The van der Waals surface area contributed by atoms with Crippen molar-refractivity contribution in [1.82, 2.24) is 5.32 Å². The number of hydrogen-bond donors (Lipinski definition) is 1. The zero-order valence-corrected chi connectivity index (χ0v) is 14.3. The Bertz CT molecular complexity index is 629. The number of carbonyl (C=O) groups excluding carboxylic acids is 1. The summed E-state index contributed by atoms with van der Waals surface area (Å²) in [6.07, 6.45) is 1.86. The van der Waals surface area contributed by atoms with E-state index in [1.807, 2.05) is 0 Å². The maximum atomic E-state index is 12.1. The van der Waals surface area contributed by atoms with E-state index in [1.165, 1.54) is 18.2 Å². The number of hydrogen-bond acceptors (Lipinski definition) is 4. The van der Waals surface area contributed by atoms with Crippen molar-refractivity contribution in [1.29, 1.82) is 0 Å². The first-order valence-electron chi connectivity index (χ1n) is 6.48. The van der Waals surface area contributed by atoms with Crippen LogP contribution in [0.25, 0.3) is 0 Å². The summed E-state index contributed by atoms with van der Waals surface area (Å²) in [6.45, 7) is 2.04. The summed E-state index contributed by atoms with van der Waals surface area (Å²) in [6, 6.07) is 4.11. The molecule has 1 aromatic rings. The summed E-state index contributed by atoms with van der Waals surface area (Å²) < 4.78 is 28.4. The van der Waals surface area contributed by atoms with E-state index in [-0.39, 0.29) is 16.4 Å². The Hall–Kier alpha value is -0.630. The minimum atomic E-state index is -3.85. The van der Waals surface area contributed by atoms with Crippen LogP contribution < -0.4 is 5.32 Å². The standard InChI is InChI=1S/C13H15BrClNO4S/c14-12-2-1-10(21(15,18)19)7-11(12)13(17)16-5-3-9-4-6-20-8-9/h1-2,7,9H,3-6,8H2,(H,16,17). The highest BCUT2D eigenvalue weighted by molar-refractivity contribution is 9.10. The van der Waals surface area contributed by atoms with Gasteiger partial charge in [-0.05, 0) is 52.9 Å². The third-order valence-corrected chi connectivity index (χ3v) is 5.37. The minimum Gasteiger partial charge on any atom is -0.381 e. The van der Waals surface area contributed by atoms with Crippen molar-refractivity contribution in [2.75, 3.05) is 19.8 Å². The quantitative estimate of drug-likeness (QED) is 0.776. The molecule has 1 N–H and O–H groups in total. The van der Waals surface area contributed by atoms with Crippen molar-refractivity contribution < 1.29 is 17.9 Å². The average molecular weight is 397 g/mol. The Labute approximate surface area is 136 Å². The second-order valence-corrected chi connectivity index (χ2v) is 8.27. The Balaban J connectivity index is 2.01. The summed E-state index contributed by atoms with van der Waals surface area (Å²) >= 11 is 3.24. The Morgan fingerprint density at radius 1 is 1.48 bits per heavy atom. The first-order chi connectivity index (χ1) is 9.88. The summed E-state index contributed by atoms with van der Waals surface area (Å²) in [4.78, 5) is 12.0. The first-order valence-corrected chi connectivity index (χ1v) is 9.58. The van der Waals surface area contributed by atoms with Crippen molar-refractivity contribution in [3.63, 3.8) is 0 Å². The number of ether oxygens (including phenoxy) is 1. The van der Waals surface area contributed by atoms with Crippen LogP contribution in [-0.2, 0) is 13.8 Å². The smallest absolute Gasteiger partial charge is 0.261 e. The van der Waals surface area contributed by atoms with Crippen LogP contribution >= 0.6 is 26.6 Å². The van der Waals surface area contributed by atoms with E-state index in [0.29, 0.717) is 16.9 Å². The van der Waals surface area contributed by atoms with Crippen molar-refractivity contribution >= 4 is 41.6 Å². The zero-order valence-electron chi connectivity index (χ0n) is 11.1. The van der Waals surface area contributed by atoms with Gasteiger partial charge in [0.1, 0.15) is 0 Å². The molecule has 1 atom stereocenters. The molecule has 1 aromatic carbocycles. The molecule has 0 aromatic heterocycles. The molecular weight excluding hydrogens is 382 g/mol. The molecule has 0 saturated carbocycles. The van der Waals surface area contributed by atoms with Crippen LogP contribution in [0.4, 0.5) is 0 Å². The van der Waals surface area contributed by atoms with Crippen LogP contribution in [0, 0.1) is 5.92 Å². The van der Waals surface area contributed by atoms with E-state index in [9.17, 15) is 13.2 Å². The van der Waals surface area contributed by atoms with E-state index in [4.69, 9.17) is 15.4 Å². The number of carbonyl (C=O) groups is 1.